The summed E-state index contributed by atoms with van der Waals surface area (Å²) in [7, 11) is 0. The minimum Gasteiger partial charge on any atom is -0.343 e. The van der Waals surface area contributed by atoms with Gasteiger partial charge in [-0.15, -0.1) is 0 Å². The van der Waals surface area contributed by atoms with Crippen molar-refractivity contribution < 1.29 is 9.59 Å². The van der Waals surface area contributed by atoms with Crippen LogP contribution in [0.2, 0.25) is 0 Å². The fourth-order valence-corrected chi connectivity index (χ4v) is 3.30. The molecule has 1 aliphatic heterocycles. The zero-order chi connectivity index (χ0) is 13.5. The smallest absolute Gasteiger partial charge is 0.246 e. The van der Waals surface area contributed by atoms with E-state index in [2.05, 4.69) is 12.2 Å². The number of carbonyl (C=O) groups excluding carboxylic acids is 2. The first-order valence-corrected chi connectivity index (χ1v) is 7.06. The Morgan fingerprint density at radius 1 is 1.39 bits per heavy atom. The molecule has 4 nitrogen and oxygen atoms in total. The molecule has 1 N–H and O–H groups in total. The van der Waals surface area contributed by atoms with E-state index in [4.69, 9.17) is 0 Å². The van der Waals surface area contributed by atoms with Gasteiger partial charge in [0.1, 0.15) is 12.1 Å². The number of hydrogen-bond acceptors (Lipinski definition) is 2. The highest BCUT2D eigenvalue weighted by Crippen LogP contribution is 2.43. The summed E-state index contributed by atoms with van der Waals surface area (Å²) < 4.78 is 0. The van der Waals surface area contributed by atoms with Crippen molar-refractivity contribution in [2.24, 2.45) is 5.92 Å². The van der Waals surface area contributed by atoms with Gasteiger partial charge in [0.05, 0.1) is 0 Å². The molecule has 0 radical (unpaired) electrons. The van der Waals surface area contributed by atoms with Gasteiger partial charge >= 0.3 is 0 Å². The van der Waals surface area contributed by atoms with Crippen molar-refractivity contribution in [1.82, 2.24) is 10.2 Å². The highest BCUT2D eigenvalue weighted by molar-refractivity contribution is 5.97. The fourth-order valence-electron chi connectivity index (χ4n) is 3.30. The van der Waals surface area contributed by atoms with Crippen LogP contribution in [0.25, 0.3) is 0 Å². The summed E-state index contributed by atoms with van der Waals surface area (Å²) in [6, 6.07) is -0.675. The maximum atomic E-state index is 12.5. The average molecular weight is 252 g/mol. The van der Waals surface area contributed by atoms with Crippen LogP contribution in [0.5, 0.6) is 0 Å². The normalized spacial score (nSPS) is 31.3. The number of amides is 2. The zero-order valence-electron chi connectivity index (χ0n) is 11.8. The van der Waals surface area contributed by atoms with E-state index in [1.165, 1.54) is 6.42 Å². The van der Waals surface area contributed by atoms with Crippen LogP contribution in [0.1, 0.15) is 53.4 Å². The lowest BCUT2D eigenvalue weighted by Gasteiger charge is -2.56. The summed E-state index contributed by atoms with van der Waals surface area (Å²) in [5.41, 5.74) is -0.0575. The Hall–Kier alpha value is -1.06. The summed E-state index contributed by atoms with van der Waals surface area (Å²) >= 11 is 0. The lowest BCUT2D eigenvalue weighted by Crippen LogP contribution is -2.71. The Balaban J connectivity index is 2.36. The van der Waals surface area contributed by atoms with Gasteiger partial charge in [-0.2, -0.15) is 0 Å². The van der Waals surface area contributed by atoms with Gasteiger partial charge in [-0.3, -0.25) is 9.59 Å². The van der Waals surface area contributed by atoms with Crippen LogP contribution in [-0.2, 0) is 9.59 Å². The number of piperazine rings is 1. The predicted molar refractivity (Wildman–Crippen MR) is 69.9 cm³/mol. The van der Waals surface area contributed by atoms with E-state index in [0.29, 0.717) is 0 Å². The fraction of sp³-hybridized carbons (Fsp3) is 0.857. The van der Waals surface area contributed by atoms with Crippen molar-refractivity contribution in [2.45, 2.75) is 71.0 Å². The van der Waals surface area contributed by atoms with Gasteiger partial charge in [-0.25, -0.2) is 0 Å². The molecule has 0 aromatic heterocycles. The quantitative estimate of drug-likeness (QED) is 0.831. The molecule has 2 atom stereocenters. The van der Waals surface area contributed by atoms with Crippen LogP contribution in [0.4, 0.5) is 0 Å². The van der Waals surface area contributed by atoms with E-state index in [0.717, 1.165) is 19.3 Å². The van der Waals surface area contributed by atoms with Crippen molar-refractivity contribution >= 4 is 11.8 Å². The van der Waals surface area contributed by atoms with E-state index < -0.39 is 0 Å². The van der Waals surface area contributed by atoms with Crippen molar-refractivity contribution in [3.8, 4) is 0 Å². The van der Waals surface area contributed by atoms with Crippen LogP contribution in [0, 0.1) is 5.92 Å². The van der Waals surface area contributed by atoms with Gasteiger partial charge in [0.2, 0.25) is 11.8 Å². The summed E-state index contributed by atoms with van der Waals surface area (Å²) in [6.07, 6.45) is 4.19. The van der Waals surface area contributed by atoms with Crippen LogP contribution >= 0.6 is 0 Å². The van der Waals surface area contributed by atoms with Gasteiger partial charge in [0.25, 0.3) is 0 Å². The molecular weight excluding hydrogens is 228 g/mol. The zero-order valence-corrected chi connectivity index (χ0v) is 11.8. The minimum atomic E-state index is -0.378. The van der Waals surface area contributed by atoms with Crippen LogP contribution in [0.15, 0.2) is 0 Å². The molecule has 0 spiro atoms. The average Bonchev–Trinajstić information content (AvgIpc) is 2.23. The van der Waals surface area contributed by atoms with Gasteiger partial charge in [-0.1, -0.05) is 20.8 Å². The highest BCUT2D eigenvalue weighted by Gasteiger charge is 2.52. The summed E-state index contributed by atoms with van der Waals surface area (Å²) in [5, 5.41) is 2.80. The van der Waals surface area contributed by atoms with Gasteiger partial charge in [0, 0.05) is 5.54 Å². The van der Waals surface area contributed by atoms with Crippen molar-refractivity contribution in [1.29, 1.82) is 0 Å². The number of carbonyl (C=O) groups is 2. The first-order chi connectivity index (χ1) is 8.43. The molecule has 1 heterocycles. The molecule has 2 amide bonds. The molecule has 0 aromatic rings. The molecule has 0 bridgehead atoms. The largest absolute Gasteiger partial charge is 0.343 e. The summed E-state index contributed by atoms with van der Waals surface area (Å²) in [5.74, 6) is 0.261. The third-order valence-electron chi connectivity index (χ3n) is 4.60. The van der Waals surface area contributed by atoms with Crippen LogP contribution in [-0.4, -0.2) is 34.3 Å². The standard InChI is InChI=1S/C14H24N2O2/c1-5-14(7-6-8-14)16-11(9(2)3)12(17)15-10(4)13(16)18/h9-11H,5-8H2,1-4H3,(H,15,17). The third kappa shape index (κ3) is 1.82. The van der Waals surface area contributed by atoms with Gasteiger partial charge in [-0.05, 0) is 38.5 Å². The molecule has 1 aliphatic carbocycles. The molecular formula is C14H24N2O2. The molecule has 2 fully saturated rings. The van der Waals surface area contributed by atoms with E-state index in [1.54, 1.807) is 6.92 Å². The SMILES string of the molecule is CCC1(N2C(=O)C(C)NC(=O)C2C(C)C)CCC1. The van der Waals surface area contributed by atoms with E-state index in [1.807, 2.05) is 18.7 Å². The maximum absolute atomic E-state index is 12.5. The topological polar surface area (TPSA) is 49.4 Å². The monoisotopic (exact) mass is 252 g/mol. The number of rotatable bonds is 3. The molecule has 102 valence electrons. The molecule has 2 aliphatic rings. The van der Waals surface area contributed by atoms with E-state index in [9.17, 15) is 9.59 Å². The number of nitrogens with zero attached hydrogens (tertiary/aromatic N) is 1. The number of hydrogen-bond donors (Lipinski definition) is 1. The first kappa shape index (κ1) is 13.4. The first-order valence-electron chi connectivity index (χ1n) is 7.06. The van der Waals surface area contributed by atoms with E-state index in [-0.39, 0.29) is 35.4 Å². The number of nitrogens with one attached hydrogen (secondary N) is 1. The Bertz CT molecular complexity index is 355. The molecule has 1 saturated heterocycles. The second-order valence-corrected chi connectivity index (χ2v) is 6.06. The molecule has 4 heteroatoms. The molecule has 18 heavy (non-hydrogen) atoms. The third-order valence-corrected chi connectivity index (χ3v) is 4.60. The van der Waals surface area contributed by atoms with Gasteiger partial charge in [0.15, 0.2) is 0 Å². The molecule has 1 saturated carbocycles. The lowest BCUT2D eigenvalue weighted by molar-refractivity contribution is -0.164. The Kier molecular flexibility index (Phi) is 3.39. The van der Waals surface area contributed by atoms with Crippen LogP contribution < -0.4 is 5.32 Å². The van der Waals surface area contributed by atoms with E-state index >= 15 is 0 Å². The van der Waals surface area contributed by atoms with Gasteiger partial charge < -0.3 is 10.2 Å². The Morgan fingerprint density at radius 2 is 2.00 bits per heavy atom. The Morgan fingerprint density at radius 3 is 2.39 bits per heavy atom. The molecule has 2 rings (SSSR count). The highest BCUT2D eigenvalue weighted by atomic mass is 16.2. The lowest BCUT2D eigenvalue weighted by atomic mass is 9.71. The second-order valence-electron chi connectivity index (χ2n) is 6.06. The van der Waals surface area contributed by atoms with Crippen molar-refractivity contribution in [3.63, 3.8) is 0 Å². The predicted octanol–water partition coefficient (Wildman–Crippen LogP) is 1.69. The van der Waals surface area contributed by atoms with Crippen LogP contribution in [0.3, 0.4) is 0 Å². The summed E-state index contributed by atoms with van der Waals surface area (Å²) in [4.78, 5) is 26.6. The van der Waals surface area contributed by atoms with Crippen molar-refractivity contribution in [3.05, 3.63) is 0 Å². The Labute approximate surface area is 109 Å². The second kappa shape index (κ2) is 4.56. The maximum Gasteiger partial charge on any atom is 0.246 e. The molecule has 2 unspecified atom stereocenters. The summed E-state index contributed by atoms with van der Waals surface area (Å²) in [6.45, 7) is 7.94. The van der Waals surface area contributed by atoms with Crippen molar-refractivity contribution in [2.75, 3.05) is 0 Å². The molecule has 0 aromatic carbocycles. The minimum absolute atomic E-state index is 0.0109.